The second-order valence-electron chi connectivity index (χ2n) is 11.4. The van der Waals surface area contributed by atoms with E-state index in [0.29, 0.717) is 36.5 Å². The van der Waals surface area contributed by atoms with E-state index in [-0.39, 0.29) is 29.8 Å². The van der Waals surface area contributed by atoms with E-state index in [9.17, 15) is 19.1 Å². The van der Waals surface area contributed by atoms with Gasteiger partial charge in [0, 0.05) is 42.7 Å². The van der Waals surface area contributed by atoms with Gasteiger partial charge in [-0.3, -0.25) is 9.79 Å². The molecule has 0 atom stereocenters. The van der Waals surface area contributed by atoms with Gasteiger partial charge in [-0.1, -0.05) is 42.5 Å². The number of ether oxygens (including phenoxy) is 1. The third-order valence-electron chi connectivity index (χ3n) is 8.12. The van der Waals surface area contributed by atoms with Crippen LogP contribution in [0.25, 0.3) is 16.5 Å². The normalized spacial score (nSPS) is 15.5. The zero-order valence-electron chi connectivity index (χ0n) is 26.4. The van der Waals surface area contributed by atoms with Crippen molar-refractivity contribution < 1.29 is 28.2 Å². The van der Waals surface area contributed by atoms with Crippen molar-refractivity contribution in [2.75, 3.05) is 19.6 Å². The van der Waals surface area contributed by atoms with Gasteiger partial charge in [0.25, 0.3) is 0 Å². The summed E-state index contributed by atoms with van der Waals surface area (Å²) in [6, 6.07) is 12.3. The predicted octanol–water partition coefficient (Wildman–Crippen LogP) is 7.23. The molecule has 3 aromatic rings. The van der Waals surface area contributed by atoms with Crippen LogP contribution in [-0.4, -0.2) is 53.5 Å². The molecule has 1 saturated heterocycles. The number of amidine groups is 1. The molecule has 0 unspecified atom stereocenters. The van der Waals surface area contributed by atoms with E-state index in [0.717, 1.165) is 53.8 Å². The first-order valence-electron chi connectivity index (χ1n) is 15.6. The zero-order valence-corrected chi connectivity index (χ0v) is 26.4. The molecule has 1 aliphatic heterocycles. The minimum absolute atomic E-state index is 0.0648. The number of benzene rings is 2. The fraction of sp³-hybridized carbons (Fsp3) is 0.263. The lowest BCUT2D eigenvalue weighted by Gasteiger charge is -2.34. The van der Waals surface area contributed by atoms with Crippen molar-refractivity contribution in [3.63, 3.8) is 0 Å². The van der Waals surface area contributed by atoms with Gasteiger partial charge in [-0.15, -0.1) is 12.3 Å². The van der Waals surface area contributed by atoms with Crippen LogP contribution in [0.5, 0.6) is 0 Å². The highest BCUT2D eigenvalue weighted by Crippen LogP contribution is 2.31. The molecule has 1 fully saturated rings. The number of carbonyl (C=O) groups excluding carboxylic acids is 1. The van der Waals surface area contributed by atoms with Crippen LogP contribution in [0.4, 0.5) is 4.39 Å². The summed E-state index contributed by atoms with van der Waals surface area (Å²) in [6.07, 6.45) is 14.0. The van der Waals surface area contributed by atoms with Crippen LogP contribution in [0.15, 0.2) is 113 Å². The Hall–Kier alpha value is -5.24. The number of hydrogen-bond acceptors (Lipinski definition) is 5. The average Bonchev–Trinajstić information content (AvgIpc) is 3.22. The Bertz CT molecular complexity index is 1830. The largest absolute Gasteiger partial charge is 0.478 e. The number of carbonyl (C=O) groups is 2. The third-order valence-corrected chi connectivity index (χ3v) is 8.12. The van der Waals surface area contributed by atoms with Gasteiger partial charge < -0.3 is 24.5 Å². The lowest BCUT2D eigenvalue weighted by atomic mass is 10.0. The molecule has 0 bridgehead atoms. The molecule has 2 aliphatic rings. The second kappa shape index (κ2) is 15.9. The Morgan fingerprint density at radius 1 is 1.23 bits per heavy atom. The number of nitrogens with one attached hydrogen (secondary N) is 1. The molecule has 0 radical (unpaired) electrons. The number of rotatable bonds is 12. The van der Waals surface area contributed by atoms with Crippen LogP contribution in [0.2, 0.25) is 0 Å². The summed E-state index contributed by atoms with van der Waals surface area (Å²) < 4.78 is 26.6. The van der Waals surface area contributed by atoms with Crippen LogP contribution in [-0.2, 0) is 22.6 Å². The van der Waals surface area contributed by atoms with Crippen LogP contribution >= 0.6 is 0 Å². The SMILES string of the molecule is C=CCN=C(C/C=C/NC(=O)Cc1oc2ccc(C3=C(F)C=C=CC=C3)cc2c1C)N1CCC(OCc2cccc(C(=O)O)c2)CC1. The molecule has 1 amide bonds. The van der Waals surface area contributed by atoms with Crippen LogP contribution in [0, 0.1) is 6.92 Å². The molecule has 5 rings (SSSR count). The molecular weight excluding hydrogens is 597 g/mol. The molecule has 0 saturated carbocycles. The molecule has 0 spiro atoms. The van der Waals surface area contributed by atoms with Crippen molar-refractivity contribution in [1.29, 1.82) is 0 Å². The maximum atomic E-state index is 14.5. The van der Waals surface area contributed by atoms with Gasteiger partial charge in [0.15, 0.2) is 0 Å². The number of aliphatic imine (C=N–C) groups is 1. The number of furan rings is 1. The highest BCUT2D eigenvalue weighted by molar-refractivity contribution is 5.90. The lowest BCUT2D eigenvalue weighted by molar-refractivity contribution is -0.119. The topological polar surface area (TPSA) is 104 Å². The van der Waals surface area contributed by atoms with Crippen molar-refractivity contribution >= 4 is 34.3 Å². The third kappa shape index (κ3) is 8.73. The van der Waals surface area contributed by atoms with E-state index in [4.69, 9.17) is 14.1 Å². The minimum atomic E-state index is -0.951. The number of aryl methyl sites for hydroxylation is 1. The van der Waals surface area contributed by atoms with Crippen LogP contribution < -0.4 is 5.32 Å². The first kappa shape index (κ1) is 33.1. The van der Waals surface area contributed by atoms with Gasteiger partial charge >= 0.3 is 5.97 Å². The van der Waals surface area contributed by atoms with Gasteiger partial charge in [-0.25, -0.2) is 9.18 Å². The molecule has 2 heterocycles. The van der Waals surface area contributed by atoms with Crippen LogP contribution in [0.1, 0.15) is 52.1 Å². The number of likely N-dealkylation sites (tertiary alicyclic amines) is 1. The minimum Gasteiger partial charge on any atom is -0.478 e. The summed E-state index contributed by atoms with van der Waals surface area (Å²) in [5.41, 5.74) is 6.53. The number of hydrogen-bond donors (Lipinski definition) is 2. The van der Waals surface area contributed by atoms with E-state index in [1.807, 2.05) is 25.1 Å². The molecule has 2 N–H and O–H groups in total. The standard InChI is InChI=1S/C38H38FN3O5/c1-3-18-40-36(42-20-16-30(17-21-42)46-25-27-9-7-10-29(22-27)38(44)45)13-8-19-41-37(43)24-35-26(2)32-23-28(14-15-34(32)47-35)31-11-5-4-6-12-33(31)39/h3-5,7-12,14-15,19,22-23,30H,1,13,16-18,20-21,24-25H2,2H3,(H,41,43)(H,44,45)/b19-8+,40-36?. The fourth-order valence-corrected chi connectivity index (χ4v) is 5.59. The first-order chi connectivity index (χ1) is 22.8. The molecule has 1 aliphatic carbocycles. The predicted molar refractivity (Wildman–Crippen MR) is 182 cm³/mol. The molecule has 47 heavy (non-hydrogen) atoms. The summed E-state index contributed by atoms with van der Waals surface area (Å²) in [5.74, 6) is -0.0585. The molecule has 9 heteroatoms. The molecule has 8 nitrogen and oxygen atoms in total. The van der Waals surface area contributed by atoms with Gasteiger partial charge in [0.05, 0.1) is 31.2 Å². The maximum absolute atomic E-state index is 14.5. The van der Waals surface area contributed by atoms with Crippen molar-refractivity contribution in [2.24, 2.45) is 4.99 Å². The van der Waals surface area contributed by atoms with Crippen molar-refractivity contribution in [3.8, 4) is 0 Å². The Morgan fingerprint density at radius 3 is 2.85 bits per heavy atom. The number of aromatic carboxylic acids is 1. The summed E-state index contributed by atoms with van der Waals surface area (Å²) >= 11 is 0. The number of piperidine rings is 1. The number of amides is 1. The van der Waals surface area contributed by atoms with Gasteiger partial charge in [-0.05, 0) is 66.8 Å². The highest BCUT2D eigenvalue weighted by atomic mass is 19.1. The Labute approximate surface area is 273 Å². The van der Waals surface area contributed by atoms with Gasteiger partial charge in [0.2, 0.25) is 5.91 Å². The quantitative estimate of drug-likeness (QED) is 0.0942. The summed E-state index contributed by atoms with van der Waals surface area (Å²) in [7, 11) is 0. The monoisotopic (exact) mass is 635 g/mol. The maximum Gasteiger partial charge on any atom is 0.335 e. The fourth-order valence-electron chi connectivity index (χ4n) is 5.59. The van der Waals surface area contributed by atoms with E-state index in [2.05, 4.69) is 22.5 Å². The van der Waals surface area contributed by atoms with E-state index < -0.39 is 5.97 Å². The summed E-state index contributed by atoms with van der Waals surface area (Å²) in [4.78, 5) is 31.0. The van der Waals surface area contributed by atoms with Crippen molar-refractivity contribution in [3.05, 3.63) is 131 Å². The van der Waals surface area contributed by atoms with E-state index >= 15 is 0 Å². The summed E-state index contributed by atoms with van der Waals surface area (Å²) in [6.45, 7) is 8.09. The second-order valence-corrected chi connectivity index (χ2v) is 11.4. The number of carboxylic acids is 1. The highest BCUT2D eigenvalue weighted by Gasteiger charge is 2.22. The lowest BCUT2D eigenvalue weighted by Crippen LogP contribution is -2.41. The molecule has 2 aromatic carbocycles. The van der Waals surface area contributed by atoms with Crippen molar-refractivity contribution in [1.82, 2.24) is 10.2 Å². The molecule has 1 aromatic heterocycles. The first-order valence-corrected chi connectivity index (χ1v) is 15.6. The molecular formula is C38H38FN3O5. The summed E-state index contributed by atoms with van der Waals surface area (Å²) in [5, 5.41) is 12.9. The number of carboxylic acid groups (broad SMARTS) is 1. The smallest absolute Gasteiger partial charge is 0.335 e. The van der Waals surface area contributed by atoms with Crippen molar-refractivity contribution in [2.45, 2.75) is 45.3 Å². The Balaban J connectivity index is 1.12. The zero-order chi connectivity index (χ0) is 33.2. The Kier molecular flexibility index (Phi) is 11.2. The number of nitrogens with zero attached hydrogens (tertiary/aromatic N) is 2. The number of halogens is 1. The van der Waals surface area contributed by atoms with E-state index in [1.54, 1.807) is 60.8 Å². The Morgan fingerprint density at radius 2 is 2.06 bits per heavy atom. The van der Waals surface area contributed by atoms with Crippen LogP contribution in [0.3, 0.4) is 0 Å². The number of allylic oxidation sites excluding steroid dienone is 5. The van der Waals surface area contributed by atoms with Gasteiger partial charge in [0.1, 0.15) is 23.0 Å². The van der Waals surface area contributed by atoms with Gasteiger partial charge in [-0.2, -0.15) is 0 Å². The number of fused-ring (bicyclic) bond motifs is 1. The van der Waals surface area contributed by atoms with E-state index in [1.165, 1.54) is 6.08 Å². The molecule has 242 valence electrons. The average molecular weight is 636 g/mol.